The van der Waals surface area contributed by atoms with Gasteiger partial charge >= 0.3 is 0 Å². The normalized spacial score (nSPS) is 11.3. The van der Waals surface area contributed by atoms with Crippen molar-refractivity contribution in [3.8, 4) is 0 Å². The molecule has 20 heavy (non-hydrogen) atoms. The van der Waals surface area contributed by atoms with Crippen molar-refractivity contribution in [3.05, 3.63) is 29.8 Å². The van der Waals surface area contributed by atoms with Crippen molar-refractivity contribution < 1.29 is 9.59 Å². The summed E-state index contributed by atoms with van der Waals surface area (Å²) >= 11 is 0. The lowest BCUT2D eigenvalue weighted by atomic mass is 10.1. The van der Waals surface area contributed by atoms with Gasteiger partial charge in [-0.3, -0.25) is 9.59 Å². The van der Waals surface area contributed by atoms with Crippen molar-refractivity contribution in [2.75, 3.05) is 5.32 Å². The van der Waals surface area contributed by atoms with Crippen LogP contribution in [-0.4, -0.2) is 17.4 Å². The summed E-state index contributed by atoms with van der Waals surface area (Å²) in [6.45, 7) is 9.77. The lowest BCUT2D eigenvalue weighted by Crippen LogP contribution is -2.40. The van der Waals surface area contributed by atoms with Gasteiger partial charge in [-0.25, -0.2) is 0 Å². The average molecular weight is 276 g/mol. The van der Waals surface area contributed by atoms with Gasteiger partial charge < -0.3 is 10.6 Å². The number of carbonyl (C=O) groups excluding carboxylic acids is 2. The summed E-state index contributed by atoms with van der Waals surface area (Å²) in [4.78, 5) is 23.8. The van der Waals surface area contributed by atoms with Gasteiger partial charge in [-0.15, -0.1) is 0 Å². The van der Waals surface area contributed by atoms with Crippen LogP contribution in [0, 0.1) is 5.92 Å². The molecule has 0 aliphatic rings. The minimum atomic E-state index is -0.284. The summed E-state index contributed by atoms with van der Waals surface area (Å²) in [6, 6.07) is 6.98. The molecule has 0 aliphatic carbocycles. The number of hydrogen-bond acceptors (Lipinski definition) is 2. The van der Waals surface area contributed by atoms with Gasteiger partial charge in [-0.05, 0) is 44.9 Å². The molecular weight excluding hydrogens is 252 g/mol. The number of hydrogen-bond donors (Lipinski definition) is 2. The molecule has 0 spiro atoms. The van der Waals surface area contributed by atoms with Crippen molar-refractivity contribution in [2.24, 2.45) is 5.92 Å². The number of nitrogens with one attached hydrogen (secondary N) is 2. The van der Waals surface area contributed by atoms with Crippen molar-refractivity contribution in [2.45, 2.75) is 46.6 Å². The van der Waals surface area contributed by atoms with Gasteiger partial charge in [0, 0.05) is 23.2 Å². The van der Waals surface area contributed by atoms with E-state index in [2.05, 4.69) is 10.6 Å². The molecule has 4 heteroatoms. The minimum absolute atomic E-state index is 0.0339. The van der Waals surface area contributed by atoms with Crippen molar-refractivity contribution >= 4 is 17.5 Å². The lowest BCUT2D eigenvalue weighted by Gasteiger charge is -2.20. The molecule has 4 nitrogen and oxygen atoms in total. The van der Waals surface area contributed by atoms with Gasteiger partial charge in [-0.1, -0.05) is 19.9 Å². The Balaban J connectivity index is 2.75. The van der Waals surface area contributed by atoms with Gasteiger partial charge in [0.25, 0.3) is 5.91 Å². The molecular formula is C16H24N2O2. The van der Waals surface area contributed by atoms with E-state index >= 15 is 0 Å². The van der Waals surface area contributed by atoms with E-state index < -0.39 is 0 Å². The minimum Gasteiger partial charge on any atom is -0.347 e. The van der Waals surface area contributed by atoms with E-state index in [-0.39, 0.29) is 17.4 Å². The highest BCUT2D eigenvalue weighted by Gasteiger charge is 2.15. The Morgan fingerprint density at radius 2 is 1.85 bits per heavy atom. The molecule has 0 bridgehead atoms. The maximum Gasteiger partial charge on any atom is 0.251 e. The zero-order valence-electron chi connectivity index (χ0n) is 12.9. The summed E-state index contributed by atoms with van der Waals surface area (Å²) in [5.41, 5.74) is 0.910. The van der Waals surface area contributed by atoms with Gasteiger partial charge in [0.2, 0.25) is 5.91 Å². The van der Waals surface area contributed by atoms with Crippen LogP contribution in [0.3, 0.4) is 0 Å². The van der Waals surface area contributed by atoms with Crippen LogP contribution in [0.2, 0.25) is 0 Å². The molecule has 0 aliphatic heterocycles. The fraction of sp³-hybridized carbons (Fsp3) is 0.500. The van der Waals surface area contributed by atoms with Crippen LogP contribution in [0.15, 0.2) is 24.3 Å². The van der Waals surface area contributed by atoms with E-state index in [9.17, 15) is 9.59 Å². The molecule has 0 saturated heterocycles. The van der Waals surface area contributed by atoms with E-state index in [0.717, 1.165) is 0 Å². The third-order valence-electron chi connectivity index (χ3n) is 2.49. The topological polar surface area (TPSA) is 58.2 Å². The van der Waals surface area contributed by atoms with Crippen LogP contribution < -0.4 is 10.6 Å². The molecule has 0 aromatic heterocycles. The van der Waals surface area contributed by atoms with Crippen LogP contribution >= 0.6 is 0 Å². The predicted molar refractivity (Wildman–Crippen MR) is 81.7 cm³/mol. The SMILES string of the molecule is CC(C)CC(=O)Nc1cccc(C(=O)NC(C)(C)C)c1. The van der Waals surface area contributed by atoms with E-state index in [1.165, 1.54) is 0 Å². The largest absolute Gasteiger partial charge is 0.347 e. The van der Waals surface area contributed by atoms with E-state index in [0.29, 0.717) is 23.6 Å². The fourth-order valence-electron chi connectivity index (χ4n) is 1.73. The van der Waals surface area contributed by atoms with Gasteiger partial charge in [0.15, 0.2) is 0 Å². The molecule has 2 N–H and O–H groups in total. The monoisotopic (exact) mass is 276 g/mol. The van der Waals surface area contributed by atoms with E-state index in [1.807, 2.05) is 34.6 Å². The van der Waals surface area contributed by atoms with Gasteiger partial charge in [-0.2, -0.15) is 0 Å². The quantitative estimate of drug-likeness (QED) is 0.887. The number of carbonyl (C=O) groups is 2. The maximum atomic E-state index is 12.1. The summed E-state index contributed by atoms with van der Waals surface area (Å²) in [7, 11) is 0. The third-order valence-corrected chi connectivity index (χ3v) is 2.49. The van der Waals surface area contributed by atoms with E-state index in [4.69, 9.17) is 0 Å². The summed E-state index contributed by atoms with van der Waals surface area (Å²) < 4.78 is 0. The predicted octanol–water partition coefficient (Wildman–Crippen LogP) is 3.20. The van der Waals surface area contributed by atoms with Gasteiger partial charge in [0.05, 0.1) is 0 Å². The first-order chi connectivity index (χ1) is 9.17. The van der Waals surface area contributed by atoms with Crippen LogP contribution in [0.25, 0.3) is 0 Å². The lowest BCUT2D eigenvalue weighted by molar-refractivity contribution is -0.116. The summed E-state index contributed by atoms with van der Waals surface area (Å²) in [5.74, 6) is 0.133. The number of anilines is 1. The Morgan fingerprint density at radius 3 is 2.40 bits per heavy atom. The summed E-state index contributed by atoms with van der Waals surface area (Å²) in [5, 5.41) is 5.71. The average Bonchev–Trinajstić information content (AvgIpc) is 2.25. The van der Waals surface area contributed by atoms with Crippen molar-refractivity contribution in [3.63, 3.8) is 0 Å². The second-order valence-corrected chi connectivity index (χ2v) is 6.43. The number of amides is 2. The molecule has 0 fully saturated rings. The highest BCUT2D eigenvalue weighted by atomic mass is 16.2. The summed E-state index contributed by atoms with van der Waals surface area (Å²) in [6.07, 6.45) is 0.471. The third kappa shape index (κ3) is 5.87. The number of benzene rings is 1. The molecule has 0 saturated carbocycles. The van der Waals surface area contributed by atoms with Crippen LogP contribution in [0.1, 0.15) is 51.4 Å². The van der Waals surface area contributed by atoms with Gasteiger partial charge in [0.1, 0.15) is 0 Å². The Morgan fingerprint density at radius 1 is 1.20 bits per heavy atom. The number of rotatable bonds is 4. The van der Waals surface area contributed by atoms with Crippen LogP contribution in [-0.2, 0) is 4.79 Å². The fourth-order valence-corrected chi connectivity index (χ4v) is 1.73. The molecule has 2 amide bonds. The smallest absolute Gasteiger partial charge is 0.251 e. The second-order valence-electron chi connectivity index (χ2n) is 6.43. The Bertz CT molecular complexity index is 487. The molecule has 110 valence electrons. The first kappa shape index (κ1) is 16.2. The van der Waals surface area contributed by atoms with Crippen LogP contribution in [0.5, 0.6) is 0 Å². The second kappa shape index (κ2) is 6.55. The van der Waals surface area contributed by atoms with Crippen LogP contribution in [0.4, 0.5) is 5.69 Å². The maximum absolute atomic E-state index is 12.1. The molecule has 0 radical (unpaired) electrons. The molecule has 1 aromatic carbocycles. The zero-order chi connectivity index (χ0) is 15.3. The molecule has 0 unspecified atom stereocenters. The zero-order valence-corrected chi connectivity index (χ0v) is 12.9. The van der Waals surface area contributed by atoms with E-state index in [1.54, 1.807) is 24.3 Å². The highest BCUT2D eigenvalue weighted by Crippen LogP contribution is 2.13. The Kier molecular flexibility index (Phi) is 5.31. The molecule has 0 atom stereocenters. The molecule has 1 aromatic rings. The standard InChI is InChI=1S/C16H24N2O2/c1-11(2)9-14(19)17-13-8-6-7-12(10-13)15(20)18-16(3,4)5/h6-8,10-11H,9H2,1-5H3,(H,17,19)(H,18,20). The first-order valence-corrected chi connectivity index (χ1v) is 6.90. The molecule has 1 rings (SSSR count). The highest BCUT2D eigenvalue weighted by molar-refractivity contribution is 5.97. The Labute approximate surface area is 121 Å². The first-order valence-electron chi connectivity index (χ1n) is 6.90. The Hall–Kier alpha value is -1.84. The van der Waals surface area contributed by atoms with Crippen molar-refractivity contribution in [1.82, 2.24) is 5.32 Å². The molecule has 0 heterocycles. The van der Waals surface area contributed by atoms with Crippen molar-refractivity contribution in [1.29, 1.82) is 0 Å².